The summed E-state index contributed by atoms with van der Waals surface area (Å²) in [6.07, 6.45) is 9.45. The van der Waals surface area contributed by atoms with E-state index in [2.05, 4.69) is 67.8 Å². The number of nitrogens with one attached hydrogen (secondary N) is 1. The number of carbonyl (C=O) groups is 1. The highest BCUT2D eigenvalue weighted by atomic mass is 16.8. The van der Waals surface area contributed by atoms with Gasteiger partial charge in [0.05, 0.1) is 38.6 Å². The first kappa shape index (κ1) is 59.3. The summed E-state index contributed by atoms with van der Waals surface area (Å²) in [5.41, 5.74) is 0. The predicted molar refractivity (Wildman–Crippen MR) is 249 cm³/mol. The first-order chi connectivity index (χ1) is 32.8. The maximum atomic E-state index is 13.1. The van der Waals surface area contributed by atoms with Gasteiger partial charge in [-0.25, -0.2) is 0 Å². The van der Waals surface area contributed by atoms with Gasteiger partial charge in [0.15, 0.2) is 18.9 Å². The van der Waals surface area contributed by atoms with Gasteiger partial charge in [-0.1, -0.05) is 112 Å². The maximum absolute atomic E-state index is 13.1. The minimum Gasteiger partial charge on any atom is -0.394 e. The van der Waals surface area contributed by atoms with Gasteiger partial charge in [0.1, 0.15) is 73.2 Å². The zero-order valence-electron chi connectivity index (χ0n) is 39.3. The fraction of sp³-hybridized carbons (Fsp3) is 0.694. The average Bonchev–Trinajstić information content (AvgIpc) is 3.33. The molecule has 0 aromatic heterocycles. The molecule has 3 aliphatic rings. The third kappa shape index (κ3) is 19.6. The Morgan fingerprint density at radius 3 is 1.53 bits per heavy atom. The summed E-state index contributed by atoms with van der Waals surface area (Å²) in [5, 5.41) is 119. The molecule has 3 heterocycles. The van der Waals surface area contributed by atoms with E-state index < -0.39 is 137 Å². The summed E-state index contributed by atoms with van der Waals surface area (Å²) in [7, 11) is 0. The number of aliphatic hydroxyl groups is 11. The van der Waals surface area contributed by atoms with Crippen LogP contribution in [0.4, 0.5) is 0 Å². The van der Waals surface area contributed by atoms with Crippen molar-refractivity contribution >= 4 is 5.91 Å². The van der Waals surface area contributed by atoms with E-state index in [-0.39, 0.29) is 6.42 Å². The molecule has 0 aliphatic carbocycles. The molecule has 3 fully saturated rings. The van der Waals surface area contributed by atoms with Crippen LogP contribution in [0.1, 0.15) is 84.5 Å². The van der Waals surface area contributed by atoms with E-state index in [0.717, 1.165) is 51.4 Å². The van der Waals surface area contributed by atoms with Crippen LogP contribution in [0, 0.1) is 0 Å². The third-order valence-electron chi connectivity index (χ3n) is 11.5. The first-order valence-corrected chi connectivity index (χ1v) is 23.8. The summed E-state index contributed by atoms with van der Waals surface area (Å²) >= 11 is 0. The van der Waals surface area contributed by atoms with Gasteiger partial charge in [0, 0.05) is 6.42 Å². The number of hydrogen-bond acceptors (Lipinski definition) is 18. The number of unbranched alkanes of at least 4 members (excludes halogenated alkanes) is 3. The molecule has 12 N–H and O–H groups in total. The van der Waals surface area contributed by atoms with Crippen LogP contribution < -0.4 is 5.32 Å². The lowest BCUT2D eigenvalue weighted by Gasteiger charge is -2.48. The van der Waals surface area contributed by atoms with Crippen LogP contribution in [-0.2, 0) is 33.2 Å². The maximum Gasteiger partial charge on any atom is 0.224 e. The highest BCUT2D eigenvalue weighted by Crippen LogP contribution is 2.33. The fourth-order valence-electron chi connectivity index (χ4n) is 7.43. The molecule has 17 atom stereocenters. The first-order valence-electron chi connectivity index (χ1n) is 23.8. The van der Waals surface area contributed by atoms with Crippen molar-refractivity contribution < 1.29 is 89.4 Å². The summed E-state index contributed by atoms with van der Waals surface area (Å²) in [6.45, 7) is 1.35. The topological polar surface area (TPSA) is 307 Å². The van der Waals surface area contributed by atoms with E-state index in [1.54, 1.807) is 12.2 Å². The highest BCUT2D eigenvalue weighted by molar-refractivity contribution is 5.77. The Labute approximate surface area is 400 Å². The summed E-state index contributed by atoms with van der Waals surface area (Å²) in [6, 6.07) is -1.04. The quantitative estimate of drug-likeness (QED) is 0.0345. The van der Waals surface area contributed by atoms with E-state index in [0.29, 0.717) is 12.8 Å². The molecule has 3 aliphatic heterocycles. The zero-order chi connectivity index (χ0) is 49.8. The van der Waals surface area contributed by atoms with Gasteiger partial charge >= 0.3 is 0 Å². The van der Waals surface area contributed by atoms with Crippen molar-refractivity contribution in [1.29, 1.82) is 0 Å². The molecule has 17 unspecified atom stereocenters. The molecule has 0 saturated carbocycles. The summed E-state index contributed by atoms with van der Waals surface area (Å²) in [4.78, 5) is 13.1. The lowest BCUT2D eigenvalue weighted by Crippen LogP contribution is -2.66. The molecule has 0 radical (unpaired) electrons. The van der Waals surface area contributed by atoms with Gasteiger partial charge in [0.25, 0.3) is 0 Å². The Kier molecular flexibility index (Phi) is 29.2. The molecule has 3 rings (SSSR count). The molecule has 0 aromatic rings. The Balaban J connectivity index is 1.60. The van der Waals surface area contributed by atoms with E-state index >= 15 is 0 Å². The molecule has 1 amide bonds. The third-order valence-corrected chi connectivity index (χ3v) is 11.5. The van der Waals surface area contributed by atoms with Crippen molar-refractivity contribution in [3.8, 4) is 0 Å². The fourth-order valence-corrected chi connectivity index (χ4v) is 7.43. The van der Waals surface area contributed by atoms with E-state index in [1.807, 2.05) is 18.2 Å². The largest absolute Gasteiger partial charge is 0.394 e. The number of aliphatic hydroxyl groups excluding tert-OH is 11. The minimum absolute atomic E-state index is 0.00255. The second kappa shape index (κ2) is 33.5. The van der Waals surface area contributed by atoms with Gasteiger partial charge in [-0.3, -0.25) is 4.79 Å². The molecular formula is C49H79NO18. The number of ether oxygens (including phenoxy) is 6. The molecule has 388 valence electrons. The van der Waals surface area contributed by atoms with Gasteiger partial charge in [-0.15, -0.1) is 0 Å². The minimum atomic E-state index is -1.99. The van der Waals surface area contributed by atoms with Crippen LogP contribution in [0.3, 0.4) is 0 Å². The second-order valence-electron chi connectivity index (χ2n) is 16.8. The molecule has 19 heteroatoms. The second-order valence-corrected chi connectivity index (χ2v) is 16.8. The molecule has 19 nitrogen and oxygen atoms in total. The summed E-state index contributed by atoms with van der Waals surface area (Å²) in [5.74, 6) is -0.423. The SMILES string of the molecule is CC/C=C\C/C=C\C/C=C\C/C=C\C/C=C\CC(=O)NC(COC1OC(CO)C(OC2OC(CO)C(OC3OC(CO)C(O)C(O)C3O)C(O)C2O)C(O)C1O)C(O)/C=C/CC/C=C/CCCC. The zero-order valence-corrected chi connectivity index (χ0v) is 39.3. The number of allylic oxidation sites excluding steroid dienone is 12. The van der Waals surface area contributed by atoms with Crippen molar-refractivity contribution in [1.82, 2.24) is 5.32 Å². The predicted octanol–water partition coefficient (Wildman–Crippen LogP) is 0.521. The number of amides is 1. The van der Waals surface area contributed by atoms with Crippen LogP contribution >= 0.6 is 0 Å². The Bertz CT molecular complexity index is 1580. The van der Waals surface area contributed by atoms with E-state index in [4.69, 9.17) is 28.4 Å². The van der Waals surface area contributed by atoms with E-state index in [1.165, 1.54) is 6.08 Å². The van der Waals surface area contributed by atoms with Crippen LogP contribution in [0.2, 0.25) is 0 Å². The molecule has 0 aromatic carbocycles. The van der Waals surface area contributed by atoms with Gasteiger partial charge in [-0.05, 0) is 51.4 Å². The van der Waals surface area contributed by atoms with Crippen LogP contribution in [0.5, 0.6) is 0 Å². The van der Waals surface area contributed by atoms with Crippen molar-refractivity contribution in [2.75, 3.05) is 26.4 Å². The molecular weight excluding hydrogens is 891 g/mol. The van der Waals surface area contributed by atoms with Gasteiger partial charge < -0.3 is 89.9 Å². The molecule has 0 spiro atoms. The molecule has 68 heavy (non-hydrogen) atoms. The Hall–Kier alpha value is -3.03. The Morgan fingerprint density at radius 1 is 0.544 bits per heavy atom. The van der Waals surface area contributed by atoms with Crippen molar-refractivity contribution in [3.63, 3.8) is 0 Å². The van der Waals surface area contributed by atoms with Crippen molar-refractivity contribution in [2.24, 2.45) is 0 Å². The lowest BCUT2D eigenvalue weighted by atomic mass is 9.96. The highest BCUT2D eigenvalue weighted by Gasteiger charge is 2.53. The average molecular weight is 970 g/mol. The van der Waals surface area contributed by atoms with Crippen LogP contribution in [-0.4, -0.2) is 193 Å². The molecule has 0 bridgehead atoms. The van der Waals surface area contributed by atoms with Crippen LogP contribution in [0.25, 0.3) is 0 Å². The number of hydrogen-bond donors (Lipinski definition) is 12. The smallest absolute Gasteiger partial charge is 0.224 e. The summed E-state index contributed by atoms with van der Waals surface area (Å²) < 4.78 is 33.9. The normalized spacial score (nSPS) is 33.9. The van der Waals surface area contributed by atoms with E-state index in [9.17, 15) is 61.0 Å². The van der Waals surface area contributed by atoms with Gasteiger partial charge in [0.2, 0.25) is 5.91 Å². The van der Waals surface area contributed by atoms with Crippen molar-refractivity contribution in [3.05, 3.63) is 85.1 Å². The number of rotatable bonds is 30. The van der Waals surface area contributed by atoms with Crippen molar-refractivity contribution in [2.45, 2.75) is 189 Å². The Morgan fingerprint density at radius 2 is 1.00 bits per heavy atom. The monoisotopic (exact) mass is 970 g/mol. The number of carbonyl (C=O) groups excluding carboxylic acids is 1. The van der Waals surface area contributed by atoms with Crippen LogP contribution in [0.15, 0.2) is 85.1 Å². The lowest BCUT2D eigenvalue weighted by molar-refractivity contribution is -0.379. The van der Waals surface area contributed by atoms with Gasteiger partial charge in [-0.2, -0.15) is 0 Å². The standard InChI is InChI=1S/C49H79NO18/c1-3-5-7-9-11-13-14-15-16-17-18-19-21-23-25-27-37(55)50-32(33(54)26-24-22-20-12-10-8-6-4-2)31-63-47-43(61)40(58)45(35(29-52)65-47)68-49-44(62)41(59)46(36(30-53)66-49)67-48-42(60)39(57)38(56)34(28-51)64-48/h5,7,10-13,15-16,18-19,23-26,32-36,38-49,51-54,56-62H,3-4,6,8-9,14,17,20-22,27-31H2,1-2H3,(H,50,55)/b7-5-,12-10+,13-11-,16-15-,19-18-,25-23-,26-24+. The molecule has 3 saturated heterocycles.